The topological polar surface area (TPSA) is 9.23 Å². The number of benzene rings is 1. The predicted molar refractivity (Wildman–Crippen MR) is 57.8 cm³/mol. The summed E-state index contributed by atoms with van der Waals surface area (Å²) >= 11 is 0. The molecule has 1 nitrogen and oxygen atoms in total. The van der Waals surface area contributed by atoms with Crippen molar-refractivity contribution < 1.29 is 24.9 Å². The molecule has 13 heavy (non-hydrogen) atoms. The zero-order chi connectivity index (χ0) is 9.27. The van der Waals surface area contributed by atoms with Crippen molar-refractivity contribution >= 4 is 12.1 Å². The fraction of sp³-hybridized carbons (Fsp3) is 0.400. The Labute approximate surface area is 94.5 Å². The minimum atomic E-state index is -2.02. The third-order valence-electron chi connectivity index (χ3n) is 2.28. The summed E-state index contributed by atoms with van der Waals surface area (Å²) in [7, 11) is 1.80. The summed E-state index contributed by atoms with van der Waals surface area (Å²) in [5.41, 5.74) is 0. The van der Waals surface area contributed by atoms with Crippen molar-refractivity contribution in [2.24, 2.45) is 0 Å². The van der Waals surface area contributed by atoms with Crippen LogP contribution in [0.3, 0.4) is 0 Å². The average molecular weight is 291 g/mol. The minimum Gasteiger partial charge on any atom is 0 e. The van der Waals surface area contributed by atoms with Gasteiger partial charge in [-0.05, 0) is 0 Å². The third kappa shape index (κ3) is 3.15. The molecule has 0 amide bonds. The minimum absolute atomic E-state index is 0. The summed E-state index contributed by atoms with van der Waals surface area (Å²) in [6.45, 7) is 4.61. The van der Waals surface area contributed by atoms with E-state index >= 15 is 0 Å². The second kappa shape index (κ2) is 4.20. The quantitative estimate of drug-likeness (QED) is 0.600. The smallest absolute Gasteiger partial charge is 0 e. The van der Waals surface area contributed by atoms with Gasteiger partial charge in [-0.2, -0.15) is 0 Å². The van der Waals surface area contributed by atoms with E-state index in [9.17, 15) is 0 Å². The van der Waals surface area contributed by atoms with Crippen molar-refractivity contribution in [3.05, 3.63) is 30.3 Å². The molecule has 1 rings (SSSR count). The molecule has 0 radical (unpaired) electrons. The first kappa shape index (κ1) is 13.3. The van der Waals surface area contributed by atoms with E-state index in [-0.39, 0.29) is 20.4 Å². The van der Waals surface area contributed by atoms with E-state index in [2.05, 4.69) is 44.3 Å². The van der Waals surface area contributed by atoms with Crippen LogP contribution in [0.4, 0.5) is 0 Å². The Hall–Kier alpha value is 0.272. The van der Waals surface area contributed by atoms with Crippen LogP contribution in [-0.4, -0.2) is 27.1 Å². The fourth-order valence-electron chi connectivity index (χ4n) is 1.04. The van der Waals surface area contributed by atoms with Gasteiger partial charge in [0.15, 0.2) is 0 Å². The van der Waals surface area contributed by atoms with E-state index in [4.69, 9.17) is 4.52 Å². The molecule has 0 aliphatic carbocycles. The molecule has 0 aliphatic rings. The first-order chi connectivity index (χ1) is 5.44. The normalized spacial score (nSPS) is 14.0. The van der Waals surface area contributed by atoms with Crippen LogP contribution in [0, 0.1) is 0 Å². The van der Waals surface area contributed by atoms with Crippen LogP contribution >= 0.6 is 6.83 Å². The van der Waals surface area contributed by atoms with Crippen LogP contribution in [0.5, 0.6) is 0 Å². The largest absolute Gasteiger partial charge is 0 e. The molecule has 0 saturated carbocycles. The van der Waals surface area contributed by atoms with Crippen LogP contribution in [0.25, 0.3) is 0 Å². The Morgan fingerprint density at radius 3 is 1.85 bits per heavy atom. The van der Waals surface area contributed by atoms with Crippen molar-refractivity contribution in [3.8, 4) is 0 Å². The van der Waals surface area contributed by atoms with Crippen molar-refractivity contribution in [3.63, 3.8) is 0 Å². The van der Waals surface area contributed by atoms with Crippen LogP contribution in [0.2, 0.25) is 0 Å². The summed E-state index contributed by atoms with van der Waals surface area (Å²) in [6.07, 6.45) is 0. The van der Waals surface area contributed by atoms with Gasteiger partial charge in [-0.15, -0.1) is 0 Å². The molecule has 0 atom stereocenters. The van der Waals surface area contributed by atoms with Gasteiger partial charge in [0.05, 0.1) is 0 Å². The van der Waals surface area contributed by atoms with Crippen molar-refractivity contribution in [1.29, 1.82) is 0 Å². The summed E-state index contributed by atoms with van der Waals surface area (Å²) in [5.74, 6) is 0. The average Bonchev–Trinajstić information content (AvgIpc) is 2.06. The van der Waals surface area contributed by atoms with E-state index in [0.29, 0.717) is 0 Å². The Kier molecular flexibility index (Phi) is 4.29. The van der Waals surface area contributed by atoms with E-state index < -0.39 is 6.83 Å². The van der Waals surface area contributed by atoms with Gasteiger partial charge in [-0.3, -0.25) is 0 Å². The number of rotatable bonds is 2. The molecule has 0 spiro atoms. The summed E-state index contributed by atoms with van der Waals surface area (Å²) < 4.78 is 5.64. The van der Waals surface area contributed by atoms with Gasteiger partial charge in [0.2, 0.25) is 0 Å². The van der Waals surface area contributed by atoms with Crippen LogP contribution in [-0.2, 0) is 24.9 Å². The summed E-state index contributed by atoms with van der Waals surface area (Å²) in [4.78, 5) is 0. The predicted octanol–water partition coefficient (Wildman–Crippen LogP) is 2.31. The van der Waals surface area contributed by atoms with Gasteiger partial charge in [-0.25, -0.2) is 0 Å². The zero-order valence-electron chi connectivity index (χ0n) is 8.56. The van der Waals surface area contributed by atoms with E-state index in [0.717, 1.165) is 0 Å². The van der Waals surface area contributed by atoms with Gasteiger partial charge in [0.25, 0.3) is 0 Å². The first-order valence-corrected chi connectivity index (χ1v) is 7.56. The van der Waals surface area contributed by atoms with Crippen molar-refractivity contribution in [2.45, 2.75) is 0 Å². The number of hydrogen-bond donors (Lipinski definition) is 0. The molecule has 0 N–H and O–H groups in total. The number of hydrogen-bond acceptors (Lipinski definition) is 1. The SMILES string of the molecule is COP(C)(C)(C)c1ccccc1.[Pd]. The Morgan fingerprint density at radius 1 is 1.00 bits per heavy atom. The third-order valence-corrected chi connectivity index (χ3v) is 5.61. The van der Waals surface area contributed by atoms with Crippen LogP contribution in [0.15, 0.2) is 30.3 Å². The second-order valence-corrected chi connectivity index (χ2v) is 10.4. The molecule has 0 bridgehead atoms. The molecule has 78 valence electrons. The molecule has 1 aromatic carbocycles. The second-order valence-electron chi connectivity index (χ2n) is 4.17. The molecule has 0 aromatic heterocycles. The van der Waals surface area contributed by atoms with Crippen molar-refractivity contribution in [1.82, 2.24) is 0 Å². The van der Waals surface area contributed by atoms with E-state index in [1.807, 2.05) is 6.07 Å². The van der Waals surface area contributed by atoms with Crippen LogP contribution < -0.4 is 5.30 Å². The molecular weight excluding hydrogens is 274 g/mol. The summed E-state index contributed by atoms with van der Waals surface area (Å²) in [6, 6.07) is 10.4. The molecule has 0 heterocycles. The van der Waals surface area contributed by atoms with Gasteiger partial charge in [-0.1, -0.05) is 0 Å². The van der Waals surface area contributed by atoms with Gasteiger partial charge < -0.3 is 0 Å². The Morgan fingerprint density at radius 2 is 1.46 bits per heavy atom. The van der Waals surface area contributed by atoms with Gasteiger partial charge in [0, 0.05) is 20.4 Å². The maximum absolute atomic E-state index is 5.64. The summed E-state index contributed by atoms with van der Waals surface area (Å²) in [5, 5.41) is 1.33. The monoisotopic (exact) mass is 290 g/mol. The first-order valence-electron chi connectivity index (χ1n) is 4.07. The molecule has 1 aromatic rings. The zero-order valence-corrected chi connectivity index (χ0v) is 11.0. The Bertz CT molecular complexity index is 263. The molecule has 0 saturated heterocycles. The molecule has 0 unspecified atom stereocenters. The molecular formula is C10H17OPPd. The van der Waals surface area contributed by atoms with E-state index in [1.165, 1.54) is 5.30 Å². The van der Waals surface area contributed by atoms with Gasteiger partial charge in [0.1, 0.15) is 0 Å². The van der Waals surface area contributed by atoms with Gasteiger partial charge >= 0.3 is 74.1 Å². The van der Waals surface area contributed by atoms with E-state index in [1.54, 1.807) is 7.11 Å². The molecule has 0 aliphatic heterocycles. The fourth-order valence-corrected chi connectivity index (χ4v) is 2.44. The maximum Gasteiger partial charge on any atom is 0 e. The molecule has 0 fully saturated rings. The Balaban J connectivity index is 0.00000144. The maximum atomic E-state index is 5.64. The van der Waals surface area contributed by atoms with Crippen molar-refractivity contribution in [2.75, 3.05) is 27.1 Å². The van der Waals surface area contributed by atoms with Crippen LogP contribution in [0.1, 0.15) is 0 Å². The standard InChI is InChI=1S/C10H17OP.Pd/c1-11-12(2,3,4)10-8-6-5-7-9-10;/h5-9H,1-4H3;. The molecule has 3 heteroatoms.